The molecule has 0 aliphatic rings. The highest BCUT2D eigenvalue weighted by Gasteiger charge is 2.14. The van der Waals surface area contributed by atoms with Crippen molar-refractivity contribution < 1.29 is 14.1 Å². The van der Waals surface area contributed by atoms with Gasteiger partial charge in [-0.2, -0.15) is 0 Å². The molecule has 2 aromatic rings. The van der Waals surface area contributed by atoms with Crippen LogP contribution in [0.1, 0.15) is 5.56 Å². The second kappa shape index (κ2) is 6.67. The third kappa shape index (κ3) is 3.67. The van der Waals surface area contributed by atoms with E-state index in [0.717, 1.165) is 6.07 Å². The Morgan fingerprint density at radius 2 is 1.95 bits per heavy atom. The molecule has 0 heterocycles. The molecular weight excluding hydrogens is 301 g/mol. The van der Waals surface area contributed by atoms with Crippen LogP contribution >= 0.6 is 12.4 Å². The number of nitrogen functional groups attached to an aromatic ring is 1. The highest BCUT2D eigenvalue weighted by Crippen LogP contribution is 2.28. The van der Waals surface area contributed by atoms with Gasteiger partial charge in [-0.25, -0.2) is 4.39 Å². The Labute approximate surface area is 125 Å². The number of nitrogens with two attached hydrogens (primary N) is 1. The van der Waals surface area contributed by atoms with Crippen LogP contribution in [0.25, 0.3) is 0 Å². The van der Waals surface area contributed by atoms with Crippen molar-refractivity contribution in [2.45, 2.75) is 0 Å². The van der Waals surface area contributed by atoms with E-state index in [1.165, 1.54) is 36.4 Å². The number of amidine groups is 1. The van der Waals surface area contributed by atoms with Gasteiger partial charge in [0.2, 0.25) is 0 Å². The van der Waals surface area contributed by atoms with Crippen molar-refractivity contribution in [3.8, 4) is 11.5 Å². The standard InChI is InChI=1S/C13H10FN3O3.ClH/c14-10-5-2-6-11(12(10)13(15)16)20-9-4-1-3-8(7-9)17(18)19;/h1-7H,(H3,15,16);1H. The number of nitrogens with one attached hydrogen (secondary N) is 1. The predicted molar refractivity (Wildman–Crippen MR) is 77.8 cm³/mol. The minimum absolute atomic E-state index is 0. The highest BCUT2D eigenvalue weighted by atomic mass is 35.5. The fourth-order valence-corrected chi connectivity index (χ4v) is 1.64. The van der Waals surface area contributed by atoms with Crippen molar-refractivity contribution in [2.75, 3.05) is 0 Å². The highest BCUT2D eigenvalue weighted by molar-refractivity contribution is 5.98. The smallest absolute Gasteiger partial charge is 0.273 e. The van der Waals surface area contributed by atoms with E-state index in [9.17, 15) is 14.5 Å². The van der Waals surface area contributed by atoms with E-state index in [0.29, 0.717) is 0 Å². The van der Waals surface area contributed by atoms with Crippen LogP contribution in [0.15, 0.2) is 42.5 Å². The van der Waals surface area contributed by atoms with Crippen molar-refractivity contribution in [1.29, 1.82) is 5.41 Å². The van der Waals surface area contributed by atoms with E-state index in [-0.39, 0.29) is 35.2 Å². The van der Waals surface area contributed by atoms with Crippen molar-refractivity contribution in [2.24, 2.45) is 5.73 Å². The molecule has 0 atom stereocenters. The summed E-state index contributed by atoms with van der Waals surface area (Å²) in [5, 5.41) is 18.0. The molecule has 0 radical (unpaired) electrons. The van der Waals surface area contributed by atoms with E-state index in [4.69, 9.17) is 15.9 Å². The molecule has 0 aliphatic carbocycles. The summed E-state index contributed by atoms with van der Waals surface area (Å²) >= 11 is 0. The van der Waals surface area contributed by atoms with Gasteiger partial charge in [0.1, 0.15) is 23.2 Å². The maximum Gasteiger partial charge on any atom is 0.273 e. The zero-order chi connectivity index (χ0) is 14.7. The van der Waals surface area contributed by atoms with Gasteiger partial charge < -0.3 is 10.5 Å². The van der Waals surface area contributed by atoms with Gasteiger partial charge in [-0.1, -0.05) is 12.1 Å². The number of benzene rings is 2. The number of nitro groups is 1. The van der Waals surface area contributed by atoms with Crippen molar-refractivity contribution in [1.82, 2.24) is 0 Å². The van der Waals surface area contributed by atoms with Gasteiger partial charge in [0, 0.05) is 6.07 Å². The van der Waals surface area contributed by atoms with Gasteiger partial charge in [0.15, 0.2) is 0 Å². The summed E-state index contributed by atoms with van der Waals surface area (Å²) in [5.41, 5.74) is 4.97. The van der Waals surface area contributed by atoms with Gasteiger partial charge in [-0.3, -0.25) is 15.5 Å². The average molecular weight is 312 g/mol. The molecule has 0 amide bonds. The SMILES string of the molecule is Cl.N=C(N)c1c(F)cccc1Oc1cccc([N+](=O)[O-])c1. The third-order valence-electron chi connectivity index (χ3n) is 2.50. The summed E-state index contributed by atoms with van der Waals surface area (Å²) in [5.74, 6) is -0.991. The first-order valence-corrected chi connectivity index (χ1v) is 5.54. The van der Waals surface area contributed by atoms with Gasteiger partial charge in [-0.05, 0) is 18.2 Å². The molecule has 8 heteroatoms. The van der Waals surface area contributed by atoms with Gasteiger partial charge in [0.25, 0.3) is 5.69 Å². The van der Waals surface area contributed by atoms with Gasteiger partial charge in [0.05, 0.1) is 16.6 Å². The molecule has 0 fully saturated rings. The lowest BCUT2D eigenvalue weighted by Gasteiger charge is -2.10. The number of hydrogen-bond donors (Lipinski definition) is 2. The van der Waals surface area contributed by atoms with E-state index in [2.05, 4.69) is 0 Å². The third-order valence-corrected chi connectivity index (χ3v) is 2.50. The molecule has 0 aromatic heterocycles. The molecule has 0 saturated carbocycles. The fourth-order valence-electron chi connectivity index (χ4n) is 1.64. The summed E-state index contributed by atoms with van der Waals surface area (Å²) in [6, 6.07) is 9.42. The van der Waals surface area contributed by atoms with E-state index in [1.807, 2.05) is 0 Å². The van der Waals surface area contributed by atoms with Crippen LogP contribution in [-0.2, 0) is 0 Å². The van der Waals surface area contributed by atoms with E-state index < -0.39 is 16.6 Å². The number of non-ortho nitro benzene ring substituents is 1. The molecule has 6 nitrogen and oxygen atoms in total. The summed E-state index contributed by atoms with van der Waals surface area (Å²) in [4.78, 5) is 10.1. The molecule has 0 spiro atoms. The number of ether oxygens (including phenoxy) is 1. The molecule has 0 bridgehead atoms. The summed E-state index contributed by atoms with van der Waals surface area (Å²) in [6.07, 6.45) is 0. The Bertz CT molecular complexity index is 694. The first-order chi connectivity index (χ1) is 9.49. The van der Waals surface area contributed by atoms with Crippen LogP contribution in [0.3, 0.4) is 0 Å². The second-order valence-corrected chi connectivity index (χ2v) is 3.88. The first-order valence-electron chi connectivity index (χ1n) is 5.54. The lowest BCUT2D eigenvalue weighted by atomic mass is 10.1. The van der Waals surface area contributed by atoms with Crippen LogP contribution in [0.5, 0.6) is 11.5 Å². The number of hydrogen-bond acceptors (Lipinski definition) is 4. The Morgan fingerprint density at radius 1 is 1.29 bits per heavy atom. The molecule has 2 rings (SSSR count). The van der Waals surface area contributed by atoms with Crippen molar-refractivity contribution in [3.63, 3.8) is 0 Å². The molecular formula is C13H11ClFN3O3. The summed E-state index contributed by atoms with van der Waals surface area (Å²) < 4.78 is 19.0. The lowest BCUT2D eigenvalue weighted by Crippen LogP contribution is -2.14. The molecule has 0 unspecified atom stereocenters. The Balaban J connectivity index is 0.00000220. The second-order valence-electron chi connectivity index (χ2n) is 3.88. The number of nitro benzene ring substituents is 1. The Hall–Kier alpha value is -2.67. The molecule has 2 aromatic carbocycles. The molecule has 0 aliphatic heterocycles. The summed E-state index contributed by atoms with van der Waals surface area (Å²) in [7, 11) is 0. The van der Waals surface area contributed by atoms with Gasteiger partial charge >= 0.3 is 0 Å². The van der Waals surface area contributed by atoms with Crippen molar-refractivity contribution in [3.05, 3.63) is 64.0 Å². The number of nitrogens with zero attached hydrogens (tertiary/aromatic N) is 1. The number of halogens is 2. The zero-order valence-electron chi connectivity index (χ0n) is 10.6. The maximum atomic E-state index is 13.6. The maximum absolute atomic E-state index is 13.6. The van der Waals surface area contributed by atoms with Gasteiger partial charge in [-0.15, -0.1) is 12.4 Å². The predicted octanol–water partition coefficient (Wildman–Crippen LogP) is 3.23. The van der Waals surface area contributed by atoms with Crippen LogP contribution in [0.2, 0.25) is 0 Å². The first kappa shape index (κ1) is 16.4. The van der Waals surface area contributed by atoms with Crippen LogP contribution in [0.4, 0.5) is 10.1 Å². The molecule has 110 valence electrons. The minimum atomic E-state index is -0.694. The minimum Gasteiger partial charge on any atom is -0.456 e. The Kier molecular flexibility index (Phi) is 5.20. The fraction of sp³-hybridized carbons (Fsp3) is 0. The topological polar surface area (TPSA) is 102 Å². The summed E-state index contributed by atoms with van der Waals surface area (Å²) in [6.45, 7) is 0. The zero-order valence-corrected chi connectivity index (χ0v) is 11.4. The molecule has 21 heavy (non-hydrogen) atoms. The van der Waals surface area contributed by atoms with E-state index >= 15 is 0 Å². The molecule has 0 saturated heterocycles. The lowest BCUT2D eigenvalue weighted by molar-refractivity contribution is -0.384. The van der Waals surface area contributed by atoms with E-state index in [1.54, 1.807) is 0 Å². The average Bonchev–Trinajstić information content (AvgIpc) is 2.38. The van der Waals surface area contributed by atoms with Crippen LogP contribution < -0.4 is 10.5 Å². The number of rotatable bonds is 4. The monoisotopic (exact) mass is 311 g/mol. The molecule has 3 N–H and O–H groups in total. The van der Waals surface area contributed by atoms with Crippen LogP contribution in [-0.4, -0.2) is 10.8 Å². The largest absolute Gasteiger partial charge is 0.456 e. The van der Waals surface area contributed by atoms with Crippen LogP contribution in [0, 0.1) is 21.3 Å². The Morgan fingerprint density at radius 3 is 2.57 bits per heavy atom. The normalized spacial score (nSPS) is 9.57. The quantitative estimate of drug-likeness (QED) is 0.391. The van der Waals surface area contributed by atoms with Crippen molar-refractivity contribution >= 4 is 23.9 Å².